The van der Waals surface area contributed by atoms with E-state index in [1.54, 1.807) is 31.5 Å². The van der Waals surface area contributed by atoms with Gasteiger partial charge < -0.3 is 15.6 Å². The highest BCUT2D eigenvalue weighted by Crippen LogP contribution is 2.13. The third kappa shape index (κ3) is 7.11. The van der Waals surface area contributed by atoms with Gasteiger partial charge in [-0.3, -0.25) is 14.6 Å². The maximum atomic E-state index is 12.3. The van der Waals surface area contributed by atoms with Crippen molar-refractivity contribution in [1.29, 1.82) is 0 Å². The monoisotopic (exact) mass is 401 g/mol. The smallest absolute Gasteiger partial charge is 0.255 e. The minimum absolute atomic E-state index is 0. The summed E-state index contributed by atoms with van der Waals surface area (Å²) < 4.78 is 0. The summed E-state index contributed by atoms with van der Waals surface area (Å²) in [6.07, 6.45) is 4.35. The van der Waals surface area contributed by atoms with Crippen LogP contribution < -0.4 is 16.2 Å². The molecule has 26 heavy (non-hydrogen) atoms. The first-order valence-electron chi connectivity index (χ1n) is 8.09. The lowest BCUT2D eigenvalue weighted by Crippen LogP contribution is -2.34. The highest BCUT2D eigenvalue weighted by atomic mass is 35.5. The average Bonchev–Trinajstić information content (AvgIpc) is 2.58. The van der Waals surface area contributed by atoms with Crippen molar-refractivity contribution >= 4 is 30.7 Å². The van der Waals surface area contributed by atoms with Gasteiger partial charge in [-0.2, -0.15) is 0 Å². The van der Waals surface area contributed by atoms with Gasteiger partial charge in [0, 0.05) is 42.3 Å². The first-order chi connectivity index (χ1) is 11.6. The van der Waals surface area contributed by atoms with E-state index in [0.29, 0.717) is 30.2 Å². The van der Waals surface area contributed by atoms with Crippen LogP contribution in [0.3, 0.4) is 0 Å². The Labute approximate surface area is 165 Å². The summed E-state index contributed by atoms with van der Waals surface area (Å²) in [5, 5.41) is 6.00. The van der Waals surface area contributed by atoms with Crippen molar-refractivity contribution in [2.45, 2.75) is 26.7 Å². The molecule has 7 nitrogen and oxygen atoms in total. The van der Waals surface area contributed by atoms with Crippen molar-refractivity contribution in [2.24, 2.45) is 0 Å². The number of amides is 1. The van der Waals surface area contributed by atoms with Crippen LogP contribution in [0, 0.1) is 6.92 Å². The van der Waals surface area contributed by atoms with Crippen LogP contribution in [-0.2, 0) is 11.2 Å². The average molecular weight is 402 g/mol. The number of halogens is 2. The molecule has 0 spiro atoms. The SMILES string of the molecule is CCCNCCNC(=O)Cc1c(C)nc(-c2ccncc2)[nH]c1=O.Cl.Cl. The molecule has 2 aromatic heterocycles. The molecule has 0 aliphatic heterocycles. The molecular formula is C17H25Cl2N5O2. The molecule has 1 amide bonds. The van der Waals surface area contributed by atoms with Gasteiger partial charge in [0.15, 0.2) is 0 Å². The number of rotatable bonds is 8. The van der Waals surface area contributed by atoms with Crippen LogP contribution in [0.2, 0.25) is 0 Å². The molecule has 0 aliphatic rings. The van der Waals surface area contributed by atoms with E-state index in [1.165, 1.54) is 0 Å². The van der Waals surface area contributed by atoms with Crippen molar-refractivity contribution in [3.05, 3.63) is 46.1 Å². The van der Waals surface area contributed by atoms with Crippen LogP contribution in [0.1, 0.15) is 24.6 Å². The minimum atomic E-state index is -0.284. The zero-order valence-electron chi connectivity index (χ0n) is 14.9. The number of pyridine rings is 1. The number of aromatic nitrogens is 3. The second kappa shape index (κ2) is 12.4. The Hall–Kier alpha value is -1.96. The molecule has 0 aliphatic carbocycles. The minimum Gasteiger partial charge on any atom is -0.355 e. The van der Waals surface area contributed by atoms with Crippen molar-refractivity contribution in [3.63, 3.8) is 0 Å². The third-order valence-electron chi connectivity index (χ3n) is 3.56. The Morgan fingerprint density at radius 1 is 1.15 bits per heavy atom. The van der Waals surface area contributed by atoms with Crippen LogP contribution in [0.4, 0.5) is 0 Å². The van der Waals surface area contributed by atoms with Crippen LogP contribution in [0.25, 0.3) is 11.4 Å². The Morgan fingerprint density at radius 3 is 2.46 bits per heavy atom. The summed E-state index contributed by atoms with van der Waals surface area (Å²) in [6.45, 7) is 6.01. The summed E-state index contributed by atoms with van der Waals surface area (Å²) in [4.78, 5) is 35.3. The molecule has 0 atom stereocenters. The predicted octanol–water partition coefficient (Wildman–Crippen LogP) is 1.64. The molecule has 2 aromatic rings. The summed E-state index contributed by atoms with van der Waals surface area (Å²) in [7, 11) is 0. The van der Waals surface area contributed by atoms with E-state index in [9.17, 15) is 9.59 Å². The lowest BCUT2D eigenvalue weighted by Gasteiger charge is -2.09. The first-order valence-corrected chi connectivity index (χ1v) is 8.09. The largest absolute Gasteiger partial charge is 0.355 e. The van der Waals surface area contributed by atoms with E-state index >= 15 is 0 Å². The lowest BCUT2D eigenvalue weighted by molar-refractivity contribution is -0.120. The summed E-state index contributed by atoms with van der Waals surface area (Å²) in [6, 6.07) is 3.54. The summed E-state index contributed by atoms with van der Waals surface area (Å²) in [5.41, 5.74) is 1.45. The number of nitrogens with zero attached hydrogens (tertiary/aromatic N) is 2. The topological polar surface area (TPSA) is 99.8 Å². The van der Waals surface area contributed by atoms with E-state index in [4.69, 9.17) is 0 Å². The van der Waals surface area contributed by atoms with E-state index in [-0.39, 0.29) is 42.7 Å². The van der Waals surface area contributed by atoms with E-state index in [0.717, 1.165) is 18.5 Å². The van der Waals surface area contributed by atoms with E-state index in [2.05, 4.69) is 32.5 Å². The quantitative estimate of drug-likeness (QED) is 0.583. The number of carbonyl (C=O) groups is 1. The van der Waals surface area contributed by atoms with Crippen LogP contribution in [0.15, 0.2) is 29.3 Å². The number of hydrogen-bond acceptors (Lipinski definition) is 5. The Kier molecular flexibility index (Phi) is 11.5. The Bertz CT molecular complexity index is 738. The van der Waals surface area contributed by atoms with Crippen molar-refractivity contribution < 1.29 is 4.79 Å². The van der Waals surface area contributed by atoms with E-state index in [1.807, 2.05) is 0 Å². The zero-order valence-corrected chi connectivity index (χ0v) is 16.5. The van der Waals surface area contributed by atoms with Gasteiger partial charge in [-0.25, -0.2) is 4.98 Å². The molecular weight excluding hydrogens is 377 g/mol. The Balaban J connectivity index is 0.00000312. The normalized spacial score (nSPS) is 9.77. The van der Waals surface area contributed by atoms with Gasteiger partial charge in [-0.1, -0.05) is 6.92 Å². The van der Waals surface area contributed by atoms with Crippen LogP contribution in [-0.4, -0.2) is 40.5 Å². The predicted molar refractivity (Wildman–Crippen MR) is 107 cm³/mol. The van der Waals surface area contributed by atoms with Gasteiger partial charge >= 0.3 is 0 Å². The van der Waals surface area contributed by atoms with Crippen molar-refractivity contribution in [2.75, 3.05) is 19.6 Å². The Morgan fingerprint density at radius 2 is 1.85 bits per heavy atom. The number of H-pyrrole nitrogens is 1. The van der Waals surface area contributed by atoms with Gasteiger partial charge in [0.1, 0.15) is 5.82 Å². The van der Waals surface area contributed by atoms with Gasteiger partial charge in [-0.15, -0.1) is 24.8 Å². The molecule has 2 heterocycles. The van der Waals surface area contributed by atoms with E-state index < -0.39 is 0 Å². The molecule has 0 fully saturated rings. The first kappa shape index (κ1) is 24.0. The maximum absolute atomic E-state index is 12.3. The molecule has 0 saturated carbocycles. The second-order valence-corrected chi connectivity index (χ2v) is 5.49. The molecule has 3 N–H and O–H groups in total. The maximum Gasteiger partial charge on any atom is 0.255 e. The number of nitrogens with one attached hydrogen (secondary N) is 3. The molecule has 144 valence electrons. The second-order valence-electron chi connectivity index (χ2n) is 5.49. The number of hydrogen-bond donors (Lipinski definition) is 3. The molecule has 2 rings (SSSR count). The summed E-state index contributed by atoms with van der Waals surface area (Å²) in [5.74, 6) is 0.299. The molecule has 9 heteroatoms. The molecule has 0 unspecified atom stereocenters. The highest BCUT2D eigenvalue weighted by Gasteiger charge is 2.13. The molecule has 0 bridgehead atoms. The fraction of sp³-hybridized carbons (Fsp3) is 0.412. The number of aryl methyl sites for hydroxylation is 1. The fourth-order valence-corrected chi connectivity index (χ4v) is 2.28. The molecule has 0 radical (unpaired) electrons. The summed E-state index contributed by atoms with van der Waals surface area (Å²) >= 11 is 0. The van der Waals surface area contributed by atoms with Crippen LogP contribution >= 0.6 is 24.8 Å². The van der Waals surface area contributed by atoms with Crippen molar-refractivity contribution in [3.8, 4) is 11.4 Å². The number of carbonyl (C=O) groups excluding carboxylic acids is 1. The third-order valence-corrected chi connectivity index (χ3v) is 3.56. The lowest BCUT2D eigenvalue weighted by atomic mass is 10.1. The fourth-order valence-electron chi connectivity index (χ4n) is 2.28. The standard InChI is InChI=1S/C17H23N5O2.2ClH/c1-3-6-18-9-10-20-15(23)11-14-12(2)21-16(22-17(14)24)13-4-7-19-8-5-13;;/h4-5,7-8,18H,3,6,9-11H2,1-2H3,(H,20,23)(H,21,22,24);2*1H. The van der Waals surface area contributed by atoms with Crippen LogP contribution in [0.5, 0.6) is 0 Å². The van der Waals surface area contributed by atoms with Gasteiger partial charge in [0.05, 0.1) is 6.42 Å². The van der Waals surface area contributed by atoms with Gasteiger partial charge in [-0.05, 0) is 32.0 Å². The molecule has 0 aromatic carbocycles. The van der Waals surface area contributed by atoms with Gasteiger partial charge in [0.25, 0.3) is 5.56 Å². The molecule has 0 saturated heterocycles. The van der Waals surface area contributed by atoms with Gasteiger partial charge in [0.2, 0.25) is 5.91 Å². The van der Waals surface area contributed by atoms with Crippen molar-refractivity contribution in [1.82, 2.24) is 25.6 Å². The highest BCUT2D eigenvalue weighted by molar-refractivity contribution is 5.85. The zero-order chi connectivity index (χ0) is 17.4. The number of aromatic amines is 1.